The molecule has 2 heterocycles. The quantitative estimate of drug-likeness (QED) is 0.841. The molecule has 0 radical (unpaired) electrons. The van der Waals surface area contributed by atoms with E-state index < -0.39 is 5.97 Å². The number of carboxylic acid groups (broad SMARTS) is 1. The highest BCUT2D eigenvalue weighted by molar-refractivity contribution is 7.13. The summed E-state index contributed by atoms with van der Waals surface area (Å²) in [6, 6.07) is 0.399. The average Bonchev–Trinajstić information content (AvgIpc) is 2.84. The number of aromatic carboxylic acids is 1. The van der Waals surface area contributed by atoms with Crippen LogP contribution in [0.2, 0.25) is 0 Å². The number of aliphatic hydroxyl groups is 1. The number of hydrogen-bond donors (Lipinski definition) is 2. The van der Waals surface area contributed by atoms with Gasteiger partial charge in [0.15, 0.2) is 0 Å². The smallest absolute Gasteiger partial charge is 0.347 e. The van der Waals surface area contributed by atoms with Gasteiger partial charge in [0.25, 0.3) is 0 Å². The summed E-state index contributed by atoms with van der Waals surface area (Å²) in [6.07, 6.45) is 4.92. The Morgan fingerprint density at radius 2 is 2.30 bits per heavy atom. The number of carbonyl (C=O) groups is 1. The molecule has 2 rings (SSSR count). The Morgan fingerprint density at radius 3 is 2.90 bits per heavy atom. The van der Waals surface area contributed by atoms with Crippen LogP contribution >= 0.6 is 11.3 Å². The van der Waals surface area contributed by atoms with E-state index in [9.17, 15) is 9.90 Å². The third-order valence-electron chi connectivity index (χ3n) is 3.82. The van der Waals surface area contributed by atoms with Crippen molar-refractivity contribution in [2.45, 2.75) is 51.6 Å². The monoisotopic (exact) mass is 298 g/mol. The van der Waals surface area contributed by atoms with Crippen molar-refractivity contribution in [3.8, 4) is 0 Å². The fourth-order valence-electron chi connectivity index (χ4n) is 2.79. The number of likely N-dealkylation sites (tertiary alicyclic amines) is 1. The Hall–Kier alpha value is -0.980. The number of hydrogen-bond acceptors (Lipinski definition) is 5. The maximum absolute atomic E-state index is 11.2. The lowest BCUT2D eigenvalue weighted by Crippen LogP contribution is -2.39. The molecule has 1 aromatic rings. The van der Waals surface area contributed by atoms with Gasteiger partial charge >= 0.3 is 5.97 Å². The SMILES string of the molecule is CCc1nc(CN2CCCCC2CCO)sc1C(=O)O. The van der Waals surface area contributed by atoms with E-state index in [1.165, 1.54) is 24.2 Å². The van der Waals surface area contributed by atoms with Crippen molar-refractivity contribution in [3.63, 3.8) is 0 Å². The highest BCUT2D eigenvalue weighted by Gasteiger charge is 2.24. The van der Waals surface area contributed by atoms with E-state index in [4.69, 9.17) is 5.11 Å². The molecular weight excluding hydrogens is 276 g/mol. The largest absolute Gasteiger partial charge is 0.477 e. The summed E-state index contributed by atoms with van der Waals surface area (Å²) in [5.74, 6) is -0.879. The Kier molecular flexibility index (Phi) is 5.51. The molecule has 1 unspecified atom stereocenters. The first-order valence-electron chi connectivity index (χ1n) is 7.22. The van der Waals surface area contributed by atoms with Crippen LogP contribution in [0.1, 0.15) is 53.0 Å². The fraction of sp³-hybridized carbons (Fsp3) is 0.714. The minimum atomic E-state index is -0.879. The first-order valence-corrected chi connectivity index (χ1v) is 8.04. The molecule has 0 aromatic carbocycles. The van der Waals surface area contributed by atoms with Gasteiger partial charge in [-0.05, 0) is 32.2 Å². The van der Waals surface area contributed by atoms with Crippen LogP contribution in [0.4, 0.5) is 0 Å². The van der Waals surface area contributed by atoms with Gasteiger partial charge in [-0.1, -0.05) is 13.3 Å². The summed E-state index contributed by atoms with van der Waals surface area (Å²) in [6.45, 7) is 3.85. The number of aryl methyl sites for hydroxylation is 1. The van der Waals surface area contributed by atoms with Crippen LogP contribution in [0.25, 0.3) is 0 Å². The molecule has 6 heteroatoms. The van der Waals surface area contributed by atoms with Gasteiger partial charge in [-0.2, -0.15) is 0 Å². The minimum absolute atomic E-state index is 0.208. The van der Waals surface area contributed by atoms with Crippen LogP contribution in [0.3, 0.4) is 0 Å². The topological polar surface area (TPSA) is 73.7 Å². The minimum Gasteiger partial charge on any atom is -0.477 e. The maximum Gasteiger partial charge on any atom is 0.347 e. The molecule has 1 fully saturated rings. The predicted octanol–water partition coefficient (Wildman–Crippen LogP) is 2.14. The zero-order chi connectivity index (χ0) is 14.5. The number of aromatic nitrogens is 1. The van der Waals surface area contributed by atoms with Crippen molar-refractivity contribution in [1.82, 2.24) is 9.88 Å². The predicted molar refractivity (Wildman–Crippen MR) is 78.2 cm³/mol. The summed E-state index contributed by atoms with van der Waals surface area (Å²) in [5, 5.41) is 19.2. The van der Waals surface area contributed by atoms with Crippen molar-refractivity contribution in [2.75, 3.05) is 13.2 Å². The lowest BCUT2D eigenvalue weighted by Gasteiger charge is -2.34. The molecule has 20 heavy (non-hydrogen) atoms. The summed E-state index contributed by atoms with van der Waals surface area (Å²) in [5.41, 5.74) is 0.688. The molecule has 1 aliphatic heterocycles. The Balaban J connectivity index is 2.09. The van der Waals surface area contributed by atoms with Gasteiger partial charge < -0.3 is 10.2 Å². The third kappa shape index (κ3) is 3.56. The highest BCUT2D eigenvalue weighted by Crippen LogP contribution is 2.25. The third-order valence-corrected chi connectivity index (χ3v) is 4.89. The van der Waals surface area contributed by atoms with Crippen LogP contribution in [-0.2, 0) is 13.0 Å². The molecule has 0 amide bonds. The van der Waals surface area contributed by atoms with E-state index in [1.807, 2.05) is 6.92 Å². The van der Waals surface area contributed by atoms with Crippen LogP contribution < -0.4 is 0 Å². The second kappa shape index (κ2) is 7.15. The van der Waals surface area contributed by atoms with Gasteiger partial charge in [-0.25, -0.2) is 9.78 Å². The molecule has 1 atom stereocenters. The molecule has 5 nitrogen and oxygen atoms in total. The first-order chi connectivity index (χ1) is 9.65. The van der Waals surface area contributed by atoms with E-state index in [0.717, 1.165) is 24.4 Å². The van der Waals surface area contributed by atoms with E-state index in [0.29, 0.717) is 29.6 Å². The van der Waals surface area contributed by atoms with Crippen LogP contribution in [0.15, 0.2) is 0 Å². The molecule has 0 saturated carbocycles. The van der Waals surface area contributed by atoms with Crippen LogP contribution in [0.5, 0.6) is 0 Å². The van der Waals surface area contributed by atoms with Gasteiger partial charge in [-0.15, -0.1) is 11.3 Å². The number of carboxylic acids is 1. The number of rotatable bonds is 6. The van der Waals surface area contributed by atoms with Gasteiger partial charge in [-0.3, -0.25) is 4.90 Å². The van der Waals surface area contributed by atoms with Crippen molar-refractivity contribution in [1.29, 1.82) is 0 Å². The Bertz CT molecular complexity index is 459. The van der Waals surface area contributed by atoms with Gasteiger partial charge in [0.05, 0.1) is 12.2 Å². The Labute approximate surface area is 123 Å². The number of nitrogens with zero attached hydrogens (tertiary/aromatic N) is 2. The molecule has 1 saturated heterocycles. The molecule has 0 bridgehead atoms. The normalized spacial score (nSPS) is 20.2. The molecule has 0 spiro atoms. The van der Waals surface area contributed by atoms with E-state index in [2.05, 4.69) is 9.88 Å². The first kappa shape index (κ1) is 15.4. The van der Waals surface area contributed by atoms with Crippen molar-refractivity contribution < 1.29 is 15.0 Å². The van der Waals surface area contributed by atoms with Gasteiger partial charge in [0, 0.05) is 12.6 Å². The second-order valence-corrected chi connectivity index (χ2v) is 6.26. The lowest BCUT2D eigenvalue weighted by molar-refractivity contribution is 0.0701. The highest BCUT2D eigenvalue weighted by atomic mass is 32.1. The maximum atomic E-state index is 11.2. The van der Waals surface area contributed by atoms with Gasteiger partial charge in [0.2, 0.25) is 0 Å². The Morgan fingerprint density at radius 1 is 1.50 bits per heavy atom. The molecular formula is C14H22N2O3S. The summed E-state index contributed by atoms with van der Waals surface area (Å²) >= 11 is 1.29. The molecule has 112 valence electrons. The molecule has 2 N–H and O–H groups in total. The zero-order valence-electron chi connectivity index (χ0n) is 11.8. The molecule has 0 aliphatic carbocycles. The van der Waals surface area contributed by atoms with Crippen molar-refractivity contribution in [2.24, 2.45) is 0 Å². The van der Waals surface area contributed by atoms with Gasteiger partial charge in [0.1, 0.15) is 9.88 Å². The van der Waals surface area contributed by atoms with E-state index in [-0.39, 0.29) is 6.61 Å². The van der Waals surface area contributed by atoms with Crippen LogP contribution in [0, 0.1) is 0 Å². The van der Waals surface area contributed by atoms with Crippen molar-refractivity contribution >= 4 is 17.3 Å². The summed E-state index contributed by atoms with van der Waals surface area (Å²) in [7, 11) is 0. The average molecular weight is 298 g/mol. The lowest BCUT2D eigenvalue weighted by atomic mass is 10.00. The number of aliphatic hydroxyl groups excluding tert-OH is 1. The molecule has 1 aliphatic rings. The molecule has 1 aromatic heterocycles. The van der Waals surface area contributed by atoms with E-state index in [1.54, 1.807) is 0 Å². The number of piperidine rings is 1. The van der Waals surface area contributed by atoms with E-state index >= 15 is 0 Å². The zero-order valence-corrected chi connectivity index (χ0v) is 12.7. The van der Waals surface area contributed by atoms with Crippen LogP contribution in [-0.4, -0.2) is 45.3 Å². The fourth-order valence-corrected chi connectivity index (χ4v) is 3.81. The summed E-state index contributed by atoms with van der Waals surface area (Å²) < 4.78 is 0. The number of thiazole rings is 1. The standard InChI is InChI=1S/C14H22N2O3S/c1-2-11-13(14(18)19)20-12(15-11)9-16-7-4-3-5-10(16)6-8-17/h10,17H,2-9H2,1H3,(H,18,19). The second-order valence-electron chi connectivity index (χ2n) is 5.17. The summed E-state index contributed by atoms with van der Waals surface area (Å²) in [4.78, 5) is 18.4. The van der Waals surface area contributed by atoms with Crippen molar-refractivity contribution in [3.05, 3.63) is 15.6 Å².